The Balaban J connectivity index is 1.41. The van der Waals surface area contributed by atoms with Gasteiger partial charge in [-0.15, -0.1) is 5.10 Å². The minimum absolute atomic E-state index is 0.222. The van der Waals surface area contributed by atoms with E-state index >= 15 is 0 Å². The summed E-state index contributed by atoms with van der Waals surface area (Å²) in [6.45, 7) is 0.349. The van der Waals surface area contributed by atoms with Gasteiger partial charge in [0, 0.05) is 36.1 Å². The predicted octanol–water partition coefficient (Wildman–Crippen LogP) is 3.21. The fourth-order valence-corrected chi connectivity index (χ4v) is 3.67. The fraction of sp³-hybridized carbons (Fsp3) is 0.0833. The smallest absolute Gasteiger partial charge is 0.251 e. The van der Waals surface area contributed by atoms with Crippen LogP contribution in [0, 0.1) is 0 Å². The van der Waals surface area contributed by atoms with Crippen molar-refractivity contribution in [3.63, 3.8) is 0 Å². The highest BCUT2D eigenvalue weighted by Crippen LogP contribution is 2.32. The van der Waals surface area contributed by atoms with Crippen LogP contribution in [0.15, 0.2) is 79.5 Å². The Labute approximate surface area is 189 Å². The highest BCUT2D eigenvalue weighted by molar-refractivity contribution is 5.99. The summed E-state index contributed by atoms with van der Waals surface area (Å²) >= 11 is 0. The van der Waals surface area contributed by atoms with Crippen molar-refractivity contribution in [3.05, 3.63) is 90.6 Å². The molecule has 0 saturated carbocycles. The number of benzene rings is 2. The van der Waals surface area contributed by atoms with Crippen LogP contribution >= 0.6 is 0 Å². The third kappa shape index (κ3) is 4.11. The molecule has 162 valence electrons. The van der Waals surface area contributed by atoms with Crippen LogP contribution in [0.25, 0.3) is 27.7 Å². The van der Waals surface area contributed by atoms with Crippen LogP contribution < -0.4 is 10.1 Å². The average Bonchev–Trinajstić information content (AvgIpc) is 3.42. The number of ether oxygens (including phenoxy) is 1. The molecule has 0 atom stereocenters. The molecule has 0 spiro atoms. The molecular formula is C24H19N7O2. The minimum atomic E-state index is -0.222. The number of methoxy groups -OCH3 is 1. The standard InChI is InChI=1S/C24H19N7O2/c1-33-19-4-2-3-16(11-19)20-6-5-18(22-14-25-9-8-21(20)22)13-27-24(32)17-7-10-26-23(12-17)31-15-28-29-30-31/h2-12,14-15H,13H2,1H3,(H,27,32). The molecule has 0 aliphatic heterocycles. The van der Waals surface area contributed by atoms with Crippen LogP contribution in [0.4, 0.5) is 0 Å². The molecule has 9 nitrogen and oxygen atoms in total. The van der Waals surface area contributed by atoms with Gasteiger partial charge in [-0.1, -0.05) is 24.3 Å². The van der Waals surface area contributed by atoms with E-state index in [4.69, 9.17) is 4.74 Å². The normalized spacial score (nSPS) is 10.8. The highest BCUT2D eigenvalue weighted by Gasteiger charge is 2.12. The molecule has 0 radical (unpaired) electrons. The first-order valence-electron chi connectivity index (χ1n) is 10.2. The highest BCUT2D eigenvalue weighted by atomic mass is 16.5. The number of carbonyl (C=O) groups excluding carboxylic acids is 1. The summed E-state index contributed by atoms with van der Waals surface area (Å²) in [5.41, 5.74) is 3.55. The number of nitrogens with zero attached hydrogens (tertiary/aromatic N) is 6. The monoisotopic (exact) mass is 437 g/mol. The van der Waals surface area contributed by atoms with E-state index in [0.29, 0.717) is 17.9 Å². The van der Waals surface area contributed by atoms with E-state index in [-0.39, 0.29) is 5.91 Å². The second kappa shape index (κ2) is 8.83. The van der Waals surface area contributed by atoms with E-state index in [1.807, 2.05) is 42.6 Å². The van der Waals surface area contributed by atoms with Crippen LogP contribution in [-0.4, -0.2) is 43.2 Å². The first-order valence-corrected chi connectivity index (χ1v) is 10.2. The molecule has 0 fully saturated rings. The van der Waals surface area contributed by atoms with Crippen LogP contribution in [-0.2, 0) is 6.54 Å². The Bertz CT molecular complexity index is 1430. The zero-order chi connectivity index (χ0) is 22.6. The second-order valence-corrected chi connectivity index (χ2v) is 7.27. The molecule has 5 rings (SSSR count). The number of hydrogen-bond acceptors (Lipinski definition) is 7. The summed E-state index contributed by atoms with van der Waals surface area (Å²) in [7, 11) is 1.65. The summed E-state index contributed by atoms with van der Waals surface area (Å²) in [5.74, 6) is 1.04. The number of tetrazole rings is 1. The third-order valence-electron chi connectivity index (χ3n) is 5.32. The number of fused-ring (bicyclic) bond motifs is 1. The lowest BCUT2D eigenvalue weighted by molar-refractivity contribution is 0.0951. The number of rotatable bonds is 6. The predicted molar refractivity (Wildman–Crippen MR) is 122 cm³/mol. The van der Waals surface area contributed by atoms with Crippen molar-refractivity contribution in [1.82, 2.24) is 35.5 Å². The topological polar surface area (TPSA) is 108 Å². The van der Waals surface area contributed by atoms with Crippen LogP contribution in [0.1, 0.15) is 15.9 Å². The summed E-state index contributed by atoms with van der Waals surface area (Å²) in [5, 5.41) is 16.0. The van der Waals surface area contributed by atoms with Gasteiger partial charge in [0.1, 0.15) is 12.1 Å². The third-order valence-corrected chi connectivity index (χ3v) is 5.32. The van der Waals surface area contributed by atoms with Gasteiger partial charge in [0.2, 0.25) is 0 Å². The Hall–Kier alpha value is -4.66. The first-order chi connectivity index (χ1) is 16.2. The molecule has 0 aliphatic carbocycles. The summed E-state index contributed by atoms with van der Waals surface area (Å²) in [6, 6.07) is 17.3. The zero-order valence-electron chi connectivity index (χ0n) is 17.7. The number of hydrogen-bond donors (Lipinski definition) is 1. The molecule has 1 N–H and O–H groups in total. The van der Waals surface area contributed by atoms with Gasteiger partial charge in [0.15, 0.2) is 5.82 Å². The van der Waals surface area contributed by atoms with Crippen LogP contribution in [0.5, 0.6) is 5.75 Å². The average molecular weight is 437 g/mol. The lowest BCUT2D eigenvalue weighted by Gasteiger charge is -2.13. The number of aromatic nitrogens is 6. The molecule has 9 heteroatoms. The maximum absolute atomic E-state index is 12.8. The van der Waals surface area contributed by atoms with Gasteiger partial charge >= 0.3 is 0 Å². The van der Waals surface area contributed by atoms with Gasteiger partial charge in [-0.2, -0.15) is 4.68 Å². The van der Waals surface area contributed by atoms with Crippen molar-refractivity contribution in [2.75, 3.05) is 7.11 Å². The van der Waals surface area contributed by atoms with Crippen molar-refractivity contribution in [3.8, 4) is 22.7 Å². The van der Waals surface area contributed by atoms with Gasteiger partial charge in [0.05, 0.1) is 7.11 Å². The Morgan fingerprint density at radius 3 is 2.85 bits per heavy atom. The Morgan fingerprint density at radius 1 is 1.06 bits per heavy atom. The number of nitrogens with one attached hydrogen (secondary N) is 1. The van der Waals surface area contributed by atoms with Crippen LogP contribution in [0.3, 0.4) is 0 Å². The molecule has 0 aliphatic rings. The fourth-order valence-electron chi connectivity index (χ4n) is 3.67. The summed E-state index contributed by atoms with van der Waals surface area (Å²) in [4.78, 5) is 21.3. The molecule has 33 heavy (non-hydrogen) atoms. The lowest BCUT2D eigenvalue weighted by Crippen LogP contribution is -2.23. The van der Waals surface area contributed by atoms with Crippen molar-refractivity contribution in [1.29, 1.82) is 0 Å². The Morgan fingerprint density at radius 2 is 2.00 bits per heavy atom. The molecule has 5 aromatic rings. The number of amides is 1. The largest absolute Gasteiger partial charge is 0.497 e. The second-order valence-electron chi connectivity index (χ2n) is 7.27. The van der Waals surface area contributed by atoms with E-state index in [2.05, 4.69) is 36.9 Å². The molecule has 3 heterocycles. The van der Waals surface area contributed by atoms with Gasteiger partial charge in [-0.3, -0.25) is 9.78 Å². The number of carbonyl (C=O) groups is 1. The van der Waals surface area contributed by atoms with E-state index < -0.39 is 0 Å². The van der Waals surface area contributed by atoms with Gasteiger partial charge in [0.25, 0.3) is 5.91 Å². The van der Waals surface area contributed by atoms with Crippen molar-refractivity contribution in [2.45, 2.75) is 6.54 Å². The van der Waals surface area contributed by atoms with Crippen molar-refractivity contribution < 1.29 is 9.53 Å². The quantitative estimate of drug-likeness (QED) is 0.435. The van der Waals surface area contributed by atoms with Crippen molar-refractivity contribution >= 4 is 16.7 Å². The summed E-state index contributed by atoms with van der Waals surface area (Å²) < 4.78 is 6.77. The van der Waals surface area contributed by atoms with E-state index in [9.17, 15) is 4.79 Å². The lowest BCUT2D eigenvalue weighted by atomic mass is 9.96. The van der Waals surface area contributed by atoms with Gasteiger partial charge in [-0.05, 0) is 62.8 Å². The number of pyridine rings is 2. The molecule has 0 bridgehead atoms. The summed E-state index contributed by atoms with van der Waals surface area (Å²) in [6.07, 6.45) is 6.57. The van der Waals surface area contributed by atoms with E-state index in [1.165, 1.54) is 11.0 Å². The maximum Gasteiger partial charge on any atom is 0.251 e. The molecular weight excluding hydrogens is 418 g/mol. The maximum atomic E-state index is 12.8. The molecule has 1 amide bonds. The van der Waals surface area contributed by atoms with E-state index in [1.54, 1.807) is 31.6 Å². The first kappa shape index (κ1) is 20.3. The Kier molecular flexibility index (Phi) is 5.42. The SMILES string of the molecule is COc1cccc(-c2ccc(CNC(=O)c3ccnc(-n4cnnn4)c3)c3cnccc23)c1. The van der Waals surface area contributed by atoms with Gasteiger partial charge in [-0.25, -0.2) is 4.98 Å². The van der Waals surface area contributed by atoms with E-state index in [0.717, 1.165) is 33.2 Å². The zero-order valence-corrected chi connectivity index (χ0v) is 17.7. The molecule has 3 aromatic heterocycles. The molecule has 0 unspecified atom stereocenters. The molecule has 0 saturated heterocycles. The minimum Gasteiger partial charge on any atom is -0.497 e. The van der Waals surface area contributed by atoms with Gasteiger partial charge < -0.3 is 10.1 Å². The van der Waals surface area contributed by atoms with Crippen molar-refractivity contribution in [2.24, 2.45) is 0 Å². The molecule has 2 aromatic carbocycles. The van der Waals surface area contributed by atoms with Crippen LogP contribution in [0.2, 0.25) is 0 Å².